The summed E-state index contributed by atoms with van der Waals surface area (Å²) in [6.07, 6.45) is -0.971. The number of aliphatic hydroxyl groups excluding tert-OH is 1. The van der Waals surface area contributed by atoms with Gasteiger partial charge in [-0.15, -0.1) is 0 Å². The lowest BCUT2D eigenvalue weighted by Gasteiger charge is -2.18. The molecule has 0 heterocycles. The molecule has 0 aliphatic rings. The van der Waals surface area contributed by atoms with E-state index < -0.39 is 6.10 Å². The van der Waals surface area contributed by atoms with Crippen LogP contribution in [-0.4, -0.2) is 17.8 Å². The van der Waals surface area contributed by atoms with E-state index >= 15 is 0 Å². The van der Waals surface area contributed by atoms with Crippen LogP contribution in [0.15, 0.2) is 24.3 Å². The topological polar surface area (TPSA) is 29.5 Å². The fraction of sp³-hybridized carbons (Fsp3) is 0.455. The Bertz CT molecular complexity index is 271. The Morgan fingerprint density at radius 3 is 2.43 bits per heavy atom. The summed E-state index contributed by atoms with van der Waals surface area (Å²) in [6, 6.07) is 5.79. The summed E-state index contributed by atoms with van der Waals surface area (Å²) in [5.74, 6) is -0.301. The Hall–Kier alpha value is -0.930. The minimum Gasteiger partial charge on any atom is -0.386 e. The molecule has 0 saturated carbocycles. The SMILES string of the molecule is CCOC(C)C(O)c1ccc(F)cc1. The zero-order valence-corrected chi connectivity index (χ0v) is 8.40. The number of hydrogen-bond donors (Lipinski definition) is 1. The van der Waals surface area contributed by atoms with Crippen molar-refractivity contribution in [3.63, 3.8) is 0 Å². The molecule has 0 bridgehead atoms. The first-order chi connectivity index (χ1) is 6.65. The van der Waals surface area contributed by atoms with Crippen LogP contribution < -0.4 is 0 Å². The smallest absolute Gasteiger partial charge is 0.123 e. The van der Waals surface area contributed by atoms with Gasteiger partial charge in [0.25, 0.3) is 0 Å². The molecule has 1 rings (SSSR count). The largest absolute Gasteiger partial charge is 0.386 e. The highest BCUT2D eigenvalue weighted by Gasteiger charge is 2.15. The Balaban J connectivity index is 2.68. The molecule has 0 saturated heterocycles. The first-order valence-corrected chi connectivity index (χ1v) is 4.70. The minimum absolute atomic E-state index is 0.273. The van der Waals surface area contributed by atoms with Crippen molar-refractivity contribution in [2.45, 2.75) is 26.1 Å². The summed E-state index contributed by atoms with van der Waals surface area (Å²) in [5, 5.41) is 9.76. The van der Waals surface area contributed by atoms with Crippen LogP contribution in [0.4, 0.5) is 4.39 Å². The molecular weight excluding hydrogens is 183 g/mol. The van der Waals surface area contributed by atoms with E-state index in [0.29, 0.717) is 12.2 Å². The zero-order chi connectivity index (χ0) is 10.6. The number of halogens is 1. The van der Waals surface area contributed by atoms with Gasteiger partial charge in [-0.05, 0) is 31.5 Å². The van der Waals surface area contributed by atoms with Crippen molar-refractivity contribution in [1.82, 2.24) is 0 Å². The van der Waals surface area contributed by atoms with Crippen molar-refractivity contribution < 1.29 is 14.2 Å². The van der Waals surface area contributed by atoms with Gasteiger partial charge < -0.3 is 9.84 Å². The van der Waals surface area contributed by atoms with Crippen LogP contribution in [0.1, 0.15) is 25.5 Å². The van der Waals surface area contributed by atoms with Crippen molar-refractivity contribution in [2.24, 2.45) is 0 Å². The van der Waals surface area contributed by atoms with Gasteiger partial charge in [0.2, 0.25) is 0 Å². The van der Waals surface area contributed by atoms with Crippen molar-refractivity contribution in [3.8, 4) is 0 Å². The predicted molar refractivity (Wildman–Crippen MR) is 52.4 cm³/mol. The molecule has 2 unspecified atom stereocenters. The van der Waals surface area contributed by atoms with Gasteiger partial charge in [0.1, 0.15) is 11.9 Å². The second-order valence-corrected chi connectivity index (χ2v) is 3.16. The fourth-order valence-corrected chi connectivity index (χ4v) is 1.29. The highest BCUT2D eigenvalue weighted by atomic mass is 19.1. The van der Waals surface area contributed by atoms with E-state index in [2.05, 4.69) is 0 Å². The maximum Gasteiger partial charge on any atom is 0.123 e. The van der Waals surface area contributed by atoms with Gasteiger partial charge in [-0.2, -0.15) is 0 Å². The molecule has 14 heavy (non-hydrogen) atoms. The van der Waals surface area contributed by atoms with Crippen molar-refractivity contribution in [1.29, 1.82) is 0 Å². The Morgan fingerprint density at radius 2 is 1.93 bits per heavy atom. The zero-order valence-electron chi connectivity index (χ0n) is 8.40. The van der Waals surface area contributed by atoms with Crippen LogP contribution in [0.5, 0.6) is 0 Å². The van der Waals surface area contributed by atoms with E-state index in [0.717, 1.165) is 0 Å². The van der Waals surface area contributed by atoms with E-state index in [9.17, 15) is 9.50 Å². The molecule has 2 atom stereocenters. The normalized spacial score (nSPS) is 15.1. The maximum absolute atomic E-state index is 12.6. The number of aliphatic hydroxyl groups is 1. The molecular formula is C11H15FO2. The van der Waals surface area contributed by atoms with Gasteiger partial charge >= 0.3 is 0 Å². The molecule has 0 fully saturated rings. The third-order valence-corrected chi connectivity index (χ3v) is 2.09. The molecule has 0 aliphatic carbocycles. The van der Waals surface area contributed by atoms with Gasteiger partial charge in [0.15, 0.2) is 0 Å². The first-order valence-electron chi connectivity index (χ1n) is 4.70. The highest BCUT2D eigenvalue weighted by molar-refractivity contribution is 5.19. The Morgan fingerprint density at radius 1 is 1.36 bits per heavy atom. The summed E-state index contributed by atoms with van der Waals surface area (Å²) in [7, 11) is 0. The van der Waals surface area contributed by atoms with Crippen LogP contribution in [0.3, 0.4) is 0 Å². The molecule has 0 radical (unpaired) electrons. The summed E-state index contributed by atoms with van der Waals surface area (Å²) < 4.78 is 17.8. The third kappa shape index (κ3) is 2.79. The lowest BCUT2D eigenvalue weighted by atomic mass is 10.1. The van der Waals surface area contributed by atoms with E-state index in [1.165, 1.54) is 12.1 Å². The maximum atomic E-state index is 12.6. The Kier molecular flexibility index (Phi) is 4.04. The molecule has 0 aliphatic heterocycles. The van der Waals surface area contributed by atoms with Crippen LogP contribution in [0.25, 0.3) is 0 Å². The predicted octanol–water partition coefficient (Wildman–Crippen LogP) is 2.28. The van der Waals surface area contributed by atoms with Crippen LogP contribution in [0.2, 0.25) is 0 Å². The molecule has 1 aromatic rings. The van der Waals surface area contributed by atoms with E-state index in [4.69, 9.17) is 4.74 Å². The van der Waals surface area contributed by atoms with E-state index in [-0.39, 0.29) is 11.9 Å². The van der Waals surface area contributed by atoms with E-state index in [1.54, 1.807) is 19.1 Å². The Labute approximate surface area is 83.3 Å². The van der Waals surface area contributed by atoms with Crippen LogP contribution >= 0.6 is 0 Å². The fourth-order valence-electron chi connectivity index (χ4n) is 1.29. The molecule has 1 aromatic carbocycles. The van der Waals surface area contributed by atoms with Crippen LogP contribution in [0, 0.1) is 5.82 Å². The molecule has 78 valence electrons. The molecule has 1 N–H and O–H groups in total. The van der Waals surface area contributed by atoms with Gasteiger partial charge in [0, 0.05) is 6.61 Å². The average Bonchev–Trinajstić information content (AvgIpc) is 2.18. The summed E-state index contributed by atoms with van der Waals surface area (Å²) in [5.41, 5.74) is 0.673. The average molecular weight is 198 g/mol. The third-order valence-electron chi connectivity index (χ3n) is 2.09. The van der Waals surface area contributed by atoms with Gasteiger partial charge in [-0.25, -0.2) is 4.39 Å². The van der Waals surface area contributed by atoms with Crippen molar-refractivity contribution >= 4 is 0 Å². The van der Waals surface area contributed by atoms with Gasteiger partial charge in [-0.3, -0.25) is 0 Å². The summed E-state index contributed by atoms with van der Waals surface area (Å²) >= 11 is 0. The molecule has 0 spiro atoms. The number of hydrogen-bond acceptors (Lipinski definition) is 2. The molecule has 3 heteroatoms. The second kappa shape index (κ2) is 5.08. The lowest BCUT2D eigenvalue weighted by Crippen LogP contribution is -2.18. The quantitative estimate of drug-likeness (QED) is 0.804. The molecule has 0 amide bonds. The van der Waals surface area contributed by atoms with Crippen LogP contribution in [-0.2, 0) is 4.74 Å². The van der Waals surface area contributed by atoms with Gasteiger partial charge in [-0.1, -0.05) is 12.1 Å². The number of ether oxygens (including phenoxy) is 1. The van der Waals surface area contributed by atoms with Crippen molar-refractivity contribution in [2.75, 3.05) is 6.61 Å². The highest BCUT2D eigenvalue weighted by Crippen LogP contribution is 2.18. The molecule has 0 aromatic heterocycles. The number of benzene rings is 1. The monoisotopic (exact) mass is 198 g/mol. The first kappa shape index (κ1) is 11.1. The lowest BCUT2D eigenvalue weighted by molar-refractivity contribution is -0.0227. The van der Waals surface area contributed by atoms with Crippen molar-refractivity contribution in [3.05, 3.63) is 35.6 Å². The standard InChI is InChI=1S/C11H15FO2/c1-3-14-8(2)11(13)9-4-6-10(12)7-5-9/h4-8,11,13H,3H2,1-2H3. The molecule has 2 nitrogen and oxygen atoms in total. The minimum atomic E-state index is -0.699. The number of rotatable bonds is 4. The summed E-state index contributed by atoms with van der Waals surface area (Å²) in [4.78, 5) is 0. The second-order valence-electron chi connectivity index (χ2n) is 3.16. The van der Waals surface area contributed by atoms with Gasteiger partial charge in [0.05, 0.1) is 6.10 Å². The van der Waals surface area contributed by atoms with E-state index in [1.807, 2.05) is 6.92 Å². The summed E-state index contributed by atoms with van der Waals surface area (Å²) in [6.45, 7) is 4.21.